The predicted octanol–water partition coefficient (Wildman–Crippen LogP) is 8.46. The van der Waals surface area contributed by atoms with Crippen molar-refractivity contribution in [2.24, 2.45) is 5.92 Å². The third-order valence-electron chi connectivity index (χ3n) is 9.73. The summed E-state index contributed by atoms with van der Waals surface area (Å²) in [5.74, 6) is -3.50. The second-order valence-corrected chi connectivity index (χ2v) is 16.6. The summed E-state index contributed by atoms with van der Waals surface area (Å²) in [6.45, 7) is 4.51. The topological polar surface area (TPSA) is 182 Å². The van der Waals surface area contributed by atoms with Crippen LogP contribution in [0.25, 0.3) is 0 Å². The molecule has 0 radical (unpaired) electrons. The van der Waals surface area contributed by atoms with Gasteiger partial charge in [-0.15, -0.1) is 0 Å². The van der Waals surface area contributed by atoms with Crippen LogP contribution in [0.15, 0.2) is 12.2 Å². The lowest BCUT2D eigenvalue weighted by Gasteiger charge is -2.38. The molecule has 0 aliphatic rings. The number of unbranched alkanes of at least 4 members (excludes halogenated alkanes) is 20. The zero-order chi connectivity index (χ0) is 38.4. The molecule has 0 fully saturated rings. The Kier molecular flexibility index (Phi) is 30.8. The summed E-state index contributed by atoms with van der Waals surface area (Å²) >= 11 is 0. The third kappa shape index (κ3) is 23.4. The van der Waals surface area contributed by atoms with Crippen LogP contribution in [-0.2, 0) is 18.9 Å². The quantitative estimate of drug-likeness (QED) is 0.0156. The van der Waals surface area contributed by atoms with Crippen LogP contribution in [0.2, 0.25) is 0 Å². The number of allylic oxidation sites excluding steroid dienone is 2. The van der Waals surface area contributed by atoms with Crippen molar-refractivity contribution in [2.75, 3.05) is 13.2 Å². The molecule has 51 heavy (non-hydrogen) atoms. The van der Waals surface area contributed by atoms with Gasteiger partial charge < -0.3 is 34.9 Å². The van der Waals surface area contributed by atoms with Gasteiger partial charge in [-0.25, -0.2) is 0 Å². The summed E-state index contributed by atoms with van der Waals surface area (Å²) in [5, 5.41) is 40.5. The number of hydrogen-bond donors (Lipinski definition) is 6. The van der Waals surface area contributed by atoms with Crippen LogP contribution >= 0.6 is 7.60 Å². The van der Waals surface area contributed by atoms with Gasteiger partial charge >= 0.3 is 7.60 Å². The van der Waals surface area contributed by atoms with E-state index in [1.165, 1.54) is 70.6 Å². The van der Waals surface area contributed by atoms with Gasteiger partial charge in [0.25, 0.3) is 0 Å². The summed E-state index contributed by atoms with van der Waals surface area (Å²) in [7, 11) is -5.33. The normalized spacial score (nSPS) is 15.3. The van der Waals surface area contributed by atoms with Gasteiger partial charge in [0.15, 0.2) is 17.4 Å². The number of rotatable bonds is 37. The Morgan fingerprint density at radius 3 is 1.39 bits per heavy atom. The maximum atomic E-state index is 13.7. The van der Waals surface area contributed by atoms with Gasteiger partial charge in [0.05, 0.1) is 13.2 Å². The molecule has 6 N–H and O–H groups in total. The lowest BCUT2D eigenvalue weighted by Crippen LogP contribution is -2.61. The highest BCUT2D eigenvalue weighted by Crippen LogP contribution is 2.46. The maximum Gasteiger partial charge on any atom is 0.356 e. The van der Waals surface area contributed by atoms with E-state index in [1.54, 1.807) is 0 Å². The first-order valence-corrected chi connectivity index (χ1v) is 22.1. The molecule has 0 spiro atoms. The van der Waals surface area contributed by atoms with E-state index in [1.807, 2.05) is 0 Å². The number of carbonyl (C=O) groups is 2. The molecule has 0 aromatic carbocycles. The van der Waals surface area contributed by atoms with E-state index >= 15 is 0 Å². The van der Waals surface area contributed by atoms with Gasteiger partial charge in [0.2, 0.25) is 5.60 Å². The highest BCUT2D eigenvalue weighted by molar-refractivity contribution is 7.52. The first kappa shape index (κ1) is 50.0. The Labute approximate surface area is 310 Å². The van der Waals surface area contributed by atoms with Gasteiger partial charge in [0, 0.05) is 12.8 Å². The molecule has 0 aromatic heterocycles. The van der Waals surface area contributed by atoms with Crippen molar-refractivity contribution < 1.29 is 49.1 Å². The SMILES string of the molecule is CCCCCCCC/C=C\CCCCCCCC(=O)C(O[C@H](C(O)CO)P(=O)(O)O)(C(=O)CCCCCCCCCCCCC(C)C)[C@@H](O)CO. The summed E-state index contributed by atoms with van der Waals surface area (Å²) in [6.07, 6.45) is 24.8. The first-order chi connectivity index (χ1) is 24.4. The largest absolute Gasteiger partial charge is 0.394 e. The fraction of sp³-hybridized carbons (Fsp3) is 0.900. The van der Waals surface area contributed by atoms with E-state index in [4.69, 9.17) is 4.74 Å². The zero-order valence-electron chi connectivity index (χ0n) is 32.5. The number of carbonyl (C=O) groups excluding carboxylic acids is 2. The second kappa shape index (κ2) is 31.4. The van der Waals surface area contributed by atoms with Crippen molar-refractivity contribution in [3.63, 3.8) is 0 Å². The Morgan fingerprint density at radius 2 is 1.02 bits per heavy atom. The van der Waals surface area contributed by atoms with Crippen molar-refractivity contribution in [3.8, 4) is 0 Å². The van der Waals surface area contributed by atoms with Crippen LogP contribution < -0.4 is 0 Å². The maximum absolute atomic E-state index is 13.7. The van der Waals surface area contributed by atoms with Crippen molar-refractivity contribution in [3.05, 3.63) is 12.2 Å². The van der Waals surface area contributed by atoms with E-state index < -0.39 is 56.0 Å². The summed E-state index contributed by atoms with van der Waals surface area (Å²) < 4.78 is 17.8. The average molecular weight is 749 g/mol. The third-order valence-corrected chi connectivity index (χ3v) is 10.8. The number of hydrogen-bond acceptors (Lipinski definition) is 8. The van der Waals surface area contributed by atoms with E-state index in [-0.39, 0.29) is 12.8 Å². The number of aliphatic hydroxyl groups excluding tert-OH is 4. The van der Waals surface area contributed by atoms with Gasteiger partial charge in [-0.05, 0) is 44.4 Å². The highest BCUT2D eigenvalue weighted by Gasteiger charge is 2.56. The highest BCUT2D eigenvalue weighted by atomic mass is 31.2. The molecule has 0 aliphatic heterocycles. The molecule has 0 rings (SSSR count). The molecular weight excluding hydrogens is 671 g/mol. The molecule has 10 nitrogen and oxygen atoms in total. The molecule has 4 atom stereocenters. The van der Waals surface area contributed by atoms with Gasteiger partial charge in [-0.3, -0.25) is 14.2 Å². The van der Waals surface area contributed by atoms with Gasteiger partial charge in [0.1, 0.15) is 12.2 Å². The molecule has 2 unspecified atom stereocenters. The smallest absolute Gasteiger partial charge is 0.356 e. The first-order valence-electron chi connectivity index (χ1n) is 20.4. The molecule has 0 saturated heterocycles. The number of ether oxygens (including phenoxy) is 1. The van der Waals surface area contributed by atoms with Crippen LogP contribution in [0.3, 0.4) is 0 Å². The Morgan fingerprint density at radius 1 is 0.627 bits per heavy atom. The van der Waals surface area contributed by atoms with Crippen LogP contribution in [0.1, 0.15) is 188 Å². The van der Waals surface area contributed by atoms with Crippen LogP contribution in [0, 0.1) is 5.92 Å². The molecule has 0 aliphatic carbocycles. The van der Waals surface area contributed by atoms with E-state index in [0.717, 1.165) is 63.7 Å². The lowest BCUT2D eigenvalue weighted by molar-refractivity contribution is -0.190. The van der Waals surface area contributed by atoms with Crippen LogP contribution in [-0.4, -0.2) is 78.6 Å². The molecule has 0 heterocycles. The summed E-state index contributed by atoms with van der Waals surface area (Å²) in [4.78, 5) is 47.3. The Hall–Kier alpha value is -0.970. The molecule has 0 aromatic rings. The number of ketones is 2. The van der Waals surface area contributed by atoms with Gasteiger partial charge in [-0.2, -0.15) is 0 Å². The number of aliphatic hydroxyl groups is 4. The monoisotopic (exact) mass is 749 g/mol. The van der Waals surface area contributed by atoms with E-state index in [9.17, 15) is 44.4 Å². The Bertz CT molecular complexity index is 936. The fourth-order valence-electron chi connectivity index (χ4n) is 6.50. The van der Waals surface area contributed by atoms with Gasteiger partial charge in [-0.1, -0.05) is 148 Å². The van der Waals surface area contributed by atoms with E-state index in [2.05, 4.69) is 32.9 Å². The Balaban J connectivity index is 5.09. The number of Topliss-reactive ketones (excluding diaryl/α,β-unsaturated/α-hetero) is 2. The van der Waals surface area contributed by atoms with Crippen molar-refractivity contribution in [1.82, 2.24) is 0 Å². The summed E-state index contributed by atoms with van der Waals surface area (Å²) in [6, 6.07) is 0. The molecule has 0 saturated carbocycles. The van der Waals surface area contributed by atoms with Crippen molar-refractivity contribution in [1.29, 1.82) is 0 Å². The minimum atomic E-state index is -5.33. The average Bonchev–Trinajstić information content (AvgIpc) is 3.09. The van der Waals surface area contributed by atoms with E-state index in [0.29, 0.717) is 25.7 Å². The zero-order valence-corrected chi connectivity index (χ0v) is 33.4. The molecular formula is C40H77O10P. The lowest BCUT2D eigenvalue weighted by atomic mass is 9.82. The molecule has 0 bridgehead atoms. The summed E-state index contributed by atoms with van der Waals surface area (Å²) in [5.41, 5.74) is -2.78. The second-order valence-electron chi connectivity index (χ2n) is 14.9. The van der Waals surface area contributed by atoms with Crippen LogP contribution in [0.5, 0.6) is 0 Å². The molecule has 0 amide bonds. The minimum Gasteiger partial charge on any atom is -0.394 e. The predicted molar refractivity (Wildman–Crippen MR) is 206 cm³/mol. The molecule has 11 heteroatoms. The fourth-order valence-corrected chi connectivity index (χ4v) is 7.34. The molecule has 302 valence electrons. The van der Waals surface area contributed by atoms with Crippen molar-refractivity contribution in [2.45, 2.75) is 211 Å². The van der Waals surface area contributed by atoms with Crippen LogP contribution in [0.4, 0.5) is 0 Å². The van der Waals surface area contributed by atoms with Crippen molar-refractivity contribution >= 4 is 19.2 Å². The standard InChI is InChI=1S/C40H77O10P/c1-4-5-6-7-8-9-10-11-12-13-14-18-21-24-27-30-36(44)40(38(46)33-42,50-39(35(43)32-41)51(47,48)49)37(45)31-28-25-22-19-16-15-17-20-23-26-29-34(2)3/h11-12,34-35,38-39,41-43,46H,4-10,13-33H2,1-3H3,(H2,47,48,49)/b12-11-/t35?,38-,39-,40?/m0/s1. The minimum absolute atomic E-state index is 0.214.